The molecule has 5 heterocycles. The number of hydrogen-bond donors (Lipinski definition) is 2. The van der Waals surface area contributed by atoms with E-state index in [1.807, 2.05) is 30.3 Å². The van der Waals surface area contributed by atoms with Crippen LogP contribution in [-0.4, -0.2) is 22.8 Å². The van der Waals surface area contributed by atoms with Gasteiger partial charge in [0.05, 0.1) is 55.2 Å². The molecule has 0 unspecified atom stereocenters. The Labute approximate surface area is 735 Å². The molecular formula is C114H80BrN9O2. The molecule has 600 valence electrons. The van der Waals surface area contributed by atoms with Gasteiger partial charge in [0.25, 0.3) is 0 Å². The van der Waals surface area contributed by atoms with E-state index in [-0.39, 0.29) is 0 Å². The lowest BCUT2D eigenvalue weighted by atomic mass is 10.1. The maximum atomic E-state index is 6.83. The summed E-state index contributed by atoms with van der Waals surface area (Å²) in [5.74, 6) is 2.98. The number of halogens is 1. The maximum Gasteiger partial charge on any atom is 0.127 e. The molecular weight excluding hydrogens is 1610 g/mol. The van der Waals surface area contributed by atoms with Gasteiger partial charge in [0.2, 0.25) is 0 Å². The van der Waals surface area contributed by atoms with E-state index in [0.29, 0.717) is 0 Å². The zero-order valence-corrected chi connectivity index (χ0v) is 69.9. The normalized spacial score (nSPS) is 11.4. The van der Waals surface area contributed by atoms with Crippen molar-refractivity contribution in [2.45, 2.75) is 0 Å². The van der Waals surface area contributed by atoms with Crippen molar-refractivity contribution in [3.63, 3.8) is 0 Å². The Hall–Kier alpha value is -16.5. The van der Waals surface area contributed by atoms with Gasteiger partial charge >= 0.3 is 0 Å². The van der Waals surface area contributed by atoms with Gasteiger partial charge in [0.1, 0.15) is 23.0 Å². The average Bonchev–Trinajstić information content (AvgIpc) is 1.57. The number of aromatic nitrogens is 5. The fraction of sp³-hybridized carbons (Fsp3) is 0. The molecule has 24 rings (SSSR count). The Balaban J connectivity index is 0.000000220. The molecule has 19 aromatic carbocycles. The Kier molecular flexibility index (Phi) is 19.5. The highest BCUT2D eigenvalue weighted by Gasteiger charge is 2.24. The largest absolute Gasteiger partial charge is 0.457 e. The van der Waals surface area contributed by atoms with Gasteiger partial charge in [-0.05, 0) is 279 Å². The first-order chi connectivity index (χ1) is 62.2. The minimum Gasteiger partial charge on any atom is -0.457 e. The predicted molar refractivity (Wildman–Crippen MR) is 530 cm³/mol. The summed E-state index contributed by atoms with van der Waals surface area (Å²) in [6.45, 7) is 0. The fourth-order valence-electron chi connectivity index (χ4n) is 18.2. The minimum atomic E-state index is 0.722. The summed E-state index contributed by atoms with van der Waals surface area (Å²) in [6, 6.07) is 162. The summed E-state index contributed by atoms with van der Waals surface area (Å²) in [6.07, 6.45) is 0. The fourth-order valence-corrected chi connectivity index (χ4v) is 18.5. The third-order valence-corrected chi connectivity index (χ3v) is 24.3. The second-order valence-corrected chi connectivity index (χ2v) is 32.3. The van der Waals surface area contributed by atoms with Gasteiger partial charge in [-0.3, -0.25) is 0 Å². The molecule has 0 spiro atoms. The molecule has 0 aliphatic rings. The van der Waals surface area contributed by atoms with E-state index in [2.05, 4.69) is 455 Å². The number of para-hydroxylation sites is 10. The Bertz CT molecular complexity index is 7440. The molecule has 11 nitrogen and oxygen atoms in total. The van der Waals surface area contributed by atoms with Crippen molar-refractivity contribution in [1.29, 1.82) is 0 Å². The molecule has 0 aliphatic carbocycles. The van der Waals surface area contributed by atoms with Gasteiger partial charge in [0.15, 0.2) is 0 Å². The maximum absolute atomic E-state index is 6.83. The van der Waals surface area contributed by atoms with Crippen molar-refractivity contribution in [3.8, 4) is 51.4 Å². The topological polar surface area (TPSA) is 102 Å². The van der Waals surface area contributed by atoms with Crippen molar-refractivity contribution in [3.05, 3.63) is 466 Å². The number of rotatable bonds is 15. The van der Waals surface area contributed by atoms with Crippen LogP contribution in [0.5, 0.6) is 23.0 Å². The van der Waals surface area contributed by atoms with Crippen molar-refractivity contribution in [2.24, 2.45) is 0 Å². The van der Waals surface area contributed by atoms with Gasteiger partial charge in [0, 0.05) is 132 Å². The summed E-state index contributed by atoms with van der Waals surface area (Å²) < 4.78 is 25.3. The number of hydrogen-bond acceptors (Lipinski definition) is 6. The smallest absolute Gasteiger partial charge is 0.127 e. The first kappa shape index (κ1) is 75.7. The minimum absolute atomic E-state index is 0.722. The van der Waals surface area contributed by atoms with E-state index in [0.717, 1.165) is 118 Å². The van der Waals surface area contributed by atoms with Crippen molar-refractivity contribution in [2.75, 3.05) is 21.3 Å². The molecule has 4 N–H and O–H groups in total. The van der Waals surface area contributed by atoms with Crippen LogP contribution in [0.15, 0.2) is 466 Å². The molecule has 12 heteroatoms. The van der Waals surface area contributed by atoms with Gasteiger partial charge in [-0.2, -0.15) is 0 Å². The number of nitrogens with zero attached hydrogens (tertiary/aromatic N) is 7. The van der Waals surface area contributed by atoms with Crippen molar-refractivity contribution < 1.29 is 9.47 Å². The zero-order chi connectivity index (χ0) is 84.1. The Morgan fingerprint density at radius 3 is 0.611 bits per heavy atom. The van der Waals surface area contributed by atoms with E-state index >= 15 is 0 Å². The summed E-state index contributed by atoms with van der Waals surface area (Å²) >= 11 is 3.57. The summed E-state index contributed by atoms with van der Waals surface area (Å²) in [5.41, 5.74) is 36.2. The first-order valence-corrected chi connectivity index (χ1v) is 43.0. The Morgan fingerprint density at radius 1 is 0.175 bits per heavy atom. The number of anilines is 8. The molecule has 0 bridgehead atoms. The van der Waals surface area contributed by atoms with Gasteiger partial charge < -0.3 is 53.6 Å². The summed E-state index contributed by atoms with van der Waals surface area (Å²) in [5, 5.41) is 12.1. The van der Waals surface area contributed by atoms with Crippen molar-refractivity contribution >= 4 is 170 Å². The summed E-state index contributed by atoms with van der Waals surface area (Å²) in [4.78, 5) is 4.76. The van der Waals surface area contributed by atoms with Gasteiger partial charge in [-0.15, -0.1) is 0 Å². The molecule has 0 fully saturated rings. The molecule has 0 amide bonds. The highest BCUT2D eigenvalue weighted by atomic mass is 79.9. The van der Waals surface area contributed by atoms with E-state index in [1.54, 1.807) is 24.3 Å². The molecule has 0 saturated carbocycles. The summed E-state index contributed by atoms with van der Waals surface area (Å²) in [7, 11) is 0. The second-order valence-electron chi connectivity index (χ2n) is 31.4. The van der Waals surface area contributed by atoms with E-state index in [1.165, 1.54) is 92.6 Å². The van der Waals surface area contributed by atoms with Crippen molar-refractivity contribution in [1.82, 2.24) is 22.8 Å². The van der Waals surface area contributed by atoms with Gasteiger partial charge in [-0.25, -0.2) is 0 Å². The van der Waals surface area contributed by atoms with E-state index < -0.39 is 0 Å². The average molecular weight is 1690 g/mol. The van der Waals surface area contributed by atoms with Crippen LogP contribution in [-0.2, 0) is 0 Å². The van der Waals surface area contributed by atoms with Crippen LogP contribution in [0.3, 0.4) is 0 Å². The highest BCUT2D eigenvalue weighted by molar-refractivity contribution is 9.10. The van der Waals surface area contributed by atoms with Crippen LogP contribution < -0.4 is 30.7 Å². The predicted octanol–water partition coefficient (Wildman–Crippen LogP) is 31.0. The molecule has 24 aromatic rings. The zero-order valence-electron chi connectivity index (χ0n) is 68.4. The molecule has 5 aromatic heterocycles. The van der Waals surface area contributed by atoms with Crippen LogP contribution in [0.25, 0.3) is 137 Å². The van der Waals surface area contributed by atoms with E-state index in [4.69, 9.17) is 20.9 Å². The molecule has 126 heavy (non-hydrogen) atoms. The Morgan fingerprint density at radius 2 is 0.365 bits per heavy atom. The monoisotopic (exact) mass is 1690 g/mol. The van der Waals surface area contributed by atoms with Crippen LogP contribution in [0.2, 0.25) is 0 Å². The first-order valence-electron chi connectivity index (χ1n) is 42.2. The number of nitrogen functional groups attached to an aromatic ring is 2. The lowest BCUT2D eigenvalue weighted by Crippen LogP contribution is -2.10. The van der Waals surface area contributed by atoms with Crippen LogP contribution >= 0.6 is 15.9 Å². The second kappa shape index (κ2) is 32.5. The SMILES string of the molecule is Brc1ccc2c(c1)c1ccccc1n2-c1ccccc1.Nc1ccc(Oc2ccc(N)cc2)cc1.c1ccc(-n2c3ccccc3c3cc(N(c4ccc(Oc5ccc(N(c6ccc7c(c6)c6ccccc6n7-c6ccccc6)c6ccc7c(c6)c6ccccc6n7-c6ccccc6)cc5)cc4)c4ccc5c(c4)c4ccccc4n5-c4ccccc4)ccc32)cc1. The number of fused-ring (bicyclic) bond motifs is 15. The molecule has 0 atom stereocenters. The van der Waals surface area contributed by atoms with Crippen LogP contribution in [0.4, 0.5) is 45.5 Å². The third kappa shape index (κ3) is 14.0. The number of nitrogens with two attached hydrogens (primary N) is 2. The van der Waals surface area contributed by atoms with Crippen LogP contribution in [0, 0.1) is 0 Å². The standard InChI is InChI=1S/C84H56N6O.C18H12BrN.C12H12N2O/c1-5-21-57(22-6-1)87-77-33-17-13-29-69(77)73-53-63(41-49-81(73)87)85(64-42-50-82-74(54-64)70-30-14-18-34-78(70)88(82)58-23-7-2-8-24-58)61-37-45-67(46-38-61)91-68-47-39-62(40-48-68)86(65-43-51-83-75(55-65)71-31-15-19-35-79(71)89(83)59-25-9-3-10-26-59)66-44-52-84-76(56-66)72-32-16-20-36-80(72)90(84)60-27-11-4-12-28-60;19-13-10-11-18-16(12-13)15-8-4-5-9-17(15)20(18)14-6-2-1-3-7-14;13-9-1-5-11(6-2-9)15-12-7-3-10(14)4-8-12/h1-56H;1-12H;1-8H,13-14H2. The van der Waals surface area contributed by atoms with E-state index in [9.17, 15) is 0 Å². The third-order valence-electron chi connectivity index (χ3n) is 23.8. The molecule has 0 aliphatic heterocycles. The molecule has 0 saturated heterocycles. The quantitative estimate of drug-likeness (QED) is 0.0992. The highest BCUT2D eigenvalue weighted by Crippen LogP contribution is 2.47. The van der Waals surface area contributed by atoms with Crippen LogP contribution in [0.1, 0.15) is 0 Å². The number of ether oxygens (including phenoxy) is 2. The lowest BCUT2D eigenvalue weighted by Gasteiger charge is -2.26. The molecule has 0 radical (unpaired) electrons. The number of benzene rings is 19. The van der Waals surface area contributed by atoms with Gasteiger partial charge in [-0.1, -0.05) is 198 Å². The lowest BCUT2D eigenvalue weighted by molar-refractivity contribution is 0.482.